The van der Waals surface area contributed by atoms with Crippen molar-refractivity contribution in [3.8, 4) is 0 Å². The van der Waals surface area contributed by atoms with Crippen molar-refractivity contribution < 1.29 is 26.7 Å². The van der Waals surface area contributed by atoms with E-state index < -0.39 is 35.2 Å². The van der Waals surface area contributed by atoms with Gasteiger partial charge in [0.15, 0.2) is 6.29 Å². The van der Waals surface area contributed by atoms with E-state index in [0.29, 0.717) is 0 Å². The number of halogens is 5. The zero-order chi connectivity index (χ0) is 12.5. The molecule has 0 aliphatic heterocycles. The molecule has 0 aliphatic carbocycles. The number of carbonyl (C=O) groups is 1. The number of rotatable bonds is 2. The van der Waals surface area contributed by atoms with Crippen LogP contribution in [0.25, 0.3) is 0 Å². The van der Waals surface area contributed by atoms with Gasteiger partial charge in [0.25, 0.3) is 6.43 Å². The molecule has 0 radical (unpaired) electrons. The molecule has 88 valence electrons. The molecular weight excluding hydrogens is 235 g/mol. The fourth-order valence-corrected chi connectivity index (χ4v) is 1.01. The number of pyridine rings is 1. The molecular formula is C8H5F5N2O. The van der Waals surface area contributed by atoms with Gasteiger partial charge in [-0.15, -0.1) is 0 Å². The van der Waals surface area contributed by atoms with Gasteiger partial charge >= 0.3 is 6.18 Å². The van der Waals surface area contributed by atoms with Crippen molar-refractivity contribution in [3.63, 3.8) is 0 Å². The average molecular weight is 240 g/mol. The highest BCUT2D eigenvalue weighted by Gasteiger charge is 2.35. The fraction of sp³-hybridized carbons (Fsp3) is 0.250. The van der Waals surface area contributed by atoms with Crippen molar-refractivity contribution in [1.29, 1.82) is 0 Å². The molecule has 1 heterocycles. The number of anilines is 1. The van der Waals surface area contributed by atoms with Gasteiger partial charge < -0.3 is 5.73 Å². The van der Waals surface area contributed by atoms with Gasteiger partial charge in [0.05, 0.1) is 5.69 Å². The summed E-state index contributed by atoms with van der Waals surface area (Å²) in [5.74, 6) is 0. The molecule has 0 bridgehead atoms. The van der Waals surface area contributed by atoms with Gasteiger partial charge in [0, 0.05) is 5.56 Å². The minimum absolute atomic E-state index is 0.101. The van der Waals surface area contributed by atoms with Crippen molar-refractivity contribution in [2.45, 2.75) is 12.6 Å². The van der Waals surface area contributed by atoms with Crippen LogP contribution in [0.4, 0.5) is 27.6 Å². The van der Waals surface area contributed by atoms with E-state index in [2.05, 4.69) is 4.98 Å². The summed E-state index contributed by atoms with van der Waals surface area (Å²) in [5, 5.41) is 0. The second kappa shape index (κ2) is 4.03. The molecule has 0 atom stereocenters. The zero-order valence-corrected chi connectivity index (χ0v) is 7.55. The molecule has 2 N–H and O–H groups in total. The van der Waals surface area contributed by atoms with Crippen LogP contribution < -0.4 is 5.73 Å². The maximum atomic E-state index is 12.3. The number of nitrogen functional groups attached to an aromatic ring is 1. The number of nitrogens with zero attached hydrogens (tertiary/aromatic N) is 1. The summed E-state index contributed by atoms with van der Waals surface area (Å²) in [6.45, 7) is 0. The monoisotopic (exact) mass is 240 g/mol. The van der Waals surface area contributed by atoms with E-state index in [0.717, 1.165) is 0 Å². The van der Waals surface area contributed by atoms with E-state index in [1.54, 1.807) is 0 Å². The molecule has 0 fully saturated rings. The molecule has 16 heavy (non-hydrogen) atoms. The van der Waals surface area contributed by atoms with Gasteiger partial charge in [-0.05, 0) is 6.07 Å². The minimum atomic E-state index is -4.91. The first-order valence-electron chi connectivity index (χ1n) is 3.88. The highest BCUT2D eigenvalue weighted by atomic mass is 19.4. The summed E-state index contributed by atoms with van der Waals surface area (Å²) in [6.07, 6.45) is -8.21. The third-order valence-electron chi connectivity index (χ3n) is 1.76. The van der Waals surface area contributed by atoms with Crippen molar-refractivity contribution in [2.75, 3.05) is 5.73 Å². The topological polar surface area (TPSA) is 56.0 Å². The first-order valence-corrected chi connectivity index (χ1v) is 3.88. The molecule has 3 nitrogen and oxygen atoms in total. The van der Waals surface area contributed by atoms with Gasteiger partial charge in [-0.25, -0.2) is 13.8 Å². The maximum Gasteiger partial charge on any atom is 0.433 e. The van der Waals surface area contributed by atoms with E-state index in [9.17, 15) is 26.7 Å². The van der Waals surface area contributed by atoms with Crippen LogP contribution in [0.5, 0.6) is 0 Å². The van der Waals surface area contributed by atoms with Crippen LogP contribution in [0.3, 0.4) is 0 Å². The summed E-state index contributed by atoms with van der Waals surface area (Å²) >= 11 is 0. The lowest BCUT2D eigenvalue weighted by molar-refractivity contribution is -0.141. The Morgan fingerprint density at radius 3 is 2.31 bits per heavy atom. The smallest absolute Gasteiger partial charge is 0.396 e. The van der Waals surface area contributed by atoms with Crippen molar-refractivity contribution >= 4 is 12.0 Å². The normalized spacial score (nSPS) is 11.9. The quantitative estimate of drug-likeness (QED) is 0.638. The molecule has 0 saturated heterocycles. The third kappa shape index (κ3) is 2.26. The summed E-state index contributed by atoms with van der Waals surface area (Å²) in [5.41, 5.74) is 0.864. The van der Waals surface area contributed by atoms with Crippen molar-refractivity contribution in [2.24, 2.45) is 0 Å². The average Bonchev–Trinajstić information content (AvgIpc) is 2.15. The number of hydrogen-bond acceptors (Lipinski definition) is 3. The van der Waals surface area contributed by atoms with E-state index in [1.165, 1.54) is 0 Å². The Hall–Kier alpha value is -1.73. The molecule has 1 aromatic heterocycles. The van der Waals surface area contributed by atoms with Crippen LogP contribution in [-0.4, -0.2) is 11.3 Å². The standard InChI is InChI=1S/C8H5F5N2O/c9-7(10)3-1-5(8(11,12)13)15-4(2-16)6(3)14/h1-2,7H,14H2. The van der Waals surface area contributed by atoms with E-state index >= 15 is 0 Å². The van der Waals surface area contributed by atoms with Crippen LogP contribution >= 0.6 is 0 Å². The Labute approximate surface area is 86.1 Å². The Morgan fingerprint density at radius 1 is 1.38 bits per heavy atom. The number of hydrogen-bond donors (Lipinski definition) is 1. The van der Waals surface area contributed by atoms with Crippen LogP contribution in [-0.2, 0) is 6.18 Å². The minimum Gasteiger partial charge on any atom is -0.396 e. The van der Waals surface area contributed by atoms with Crippen LogP contribution in [0.15, 0.2) is 6.07 Å². The molecule has 0 aromatic carbocycles. The molecule has 1 rings (SSSR count). The molecule has 0 spiro atoms. The van der Waals surface area contributed by atoms with Crippen LogP contribution in [0, 0.1) is 0 Å². The predicted octanol–water partition coefficient (Wildman–Crippen LogP) is 2.43. The van der Waals surface area contributed by atoms with Crippen molar-refractivity contribution in [1.82, 2.24) is 4.98 Å². The van der Waals surface area contributed by atoms with E-state index in [4.69, 9.17) is 5.73 Å². The second-order valence-electron chi connectivity index (χ2n) is 2.81. The lowest BCUT2D eigenvalue weighted by Gasteiger charge is -2.11. The van der Waals surface area contributed by atoms with E-state index in [1.807, 2.05) is 0 Å². The zero-order valence-electron chi connectivity index (χ0n) is 7.55. The van der Waals surface area contributed by atoms with Gasteiger partial charge in [0.1, 0.15) is 11.4 Å². The molecule has 0 unspecified atom stereocenters. The maximum absolute atomic E-state index is 12.3. The fourth-order valence-electron chi connectivity index (χ4n) is 1.01. The number of aromatic nitrogens is 1. The molecule has 0 saturated carbocycles. The third-order valence-corrected chi connectivity index (χ3v) is 1.76. The first-order chi connectivity index (χ1) is 7.27. The highest BCUT2D eigenvalue weighted by molar-refractivity contribution is 5.82. The Kier molecular flexibility index (Phi) is 3.11. The number of aldehydes is 1. The largest absolute Gasteiger partial charge is 0.433 e. The lowest BCUT2D eigenvalue weighted by atomic mass is 10.1. The van der Waals surface area contributed by atoms with Crippen molar-refractivity contribution in [3.05, 3.63) is 23.0 Å². The second-order valence-corrected chi connectivity index (χ2v) is 2.81. The summed E-state index contributed by atoms with van der Waals surface area (Å²) in [7, 11) is 0. The van der Waals surface area contributed by atoms with Gasteiger partial charge in [0.2, 0.25) is 0 Å². The predicted molar refractivity (Wildman–Crippen MR) is 44.0 cm³/mol. The SMILES string of the molecule is Nc1c(C(F)F)cc(C(F)(F)F)nc1C=O. The molecule has 1 aromatic rings. The van der Waals surface area contributed by atoms with Crippen LogP contribution in [0.2, 0.25) is 0 Å². The van der Waals surface area contributed by atoms with Gasteiger partial charge in [-0.1, -0.05) is 0 Å². The van der Waals surface area contributed by atoms with Gasteiger partial charge in [-0.3, -0.25) is 4.79 Å². The summed E-state index contributed by atoms with van der Waals surface area (Å²) in [6, 6.07) is 0.132. The summed E-state index contributed by atoms with van der Waals surface area (Å²) < 4.78 is 61.3. The van der Waals surface area contributed by atoms with Crippen LogP contribution in [0.1, 0.15) is 28.2 Å². The molecule has 0 amide bonds. The van der Waals surface area contributed by atoms with E-state index in [-0.39, 0.29) is 12.4 Å². The Balaban J connectivity index is 3.46. The number of alkyl halides is 5. The van der Waals surface area contributed by atoms with Gasteiger partial charge in [-0.2, -0.15) is 13.2 Å². The number of nitrogens with two attached hydrogens (primary N) is 1. The Morgan fingerprint density at radius 2 is 1.94 bits per heavy atom. The number of carbonyl (C=O) groups excluding carboxylic acids is 1. The first kappa shape index (κ1) is 12.3. The lowest BCUT2D eigenvalue weighted by Crippen LogP contribution is -2.13. The summed E-state index contributed by atoms with van der Waals surface area (Å²) in [4.78, 5) is 13.2. The highest BCUT2D eigenvalue weighted by Crippen LogP contribution is 2.33. The molecule has 8 heteroatoms. The Bertz CT molecular complexity index is 416. The molecule has 0 aliphatic rings.